The van der Waals surface area contributed by atoms with Crippen LogP contribution < -0.4 is 5.43 Å². The Labute approximate surface area is 110 Å². The molecule has 1 aromatic rings. The van der Waals surface area contributed by atoms with Crippen LogP contribution in [0, 0.1) is 0 Å². The Hall–Kier alpha value is -2.11. The maximum absolute atomic E-state index is 11.5. The summed E-state index contributed by atoms with van der Waals surface area (Å²) < 4.78 is 14.7. The molecule has 0 atom stereocenters. The minimum atomic E-state index is -0.774. The molecule has 0 saturated heterocycles. The molecule has 0 N–H and O–H groups in total. The maximum Gasteiger partial charge on any atom is 0.374 e. The van der Waals surface area contributed by atoms with Crippen molar-refractivity contribution in [2.75, 3.05) is 13.2 Å². The molecule has 1 aromatic heterocycles. The lowest BCUT2D eigenvalue weighted by Gasteiger charge is -2.05. The first-order valence-corrected chi connectivity index (χ1v) is 6.08. The average molecular weight is 268 g/mol. The summed E-state index contributed by atoms with van der Waals surface area (Å²) >= 11 is 0. The highest BCUT2D eigenvalue weighted by atomic mass is 16.6. The fourth-order valence-electron chi connectivity index (χ4n) is 1.21. The van der Waals surface area contributed by atoms with E-state index in [9.17, 15) is 14.4 Å². The van der Waals surface area contributed by atoms with Crippen LogP contribution in [0.15, 0.2) is 21.3 Å². The number of esters is 2. The highest BCUT2D eigenvalue weighted by Gasteiger charge is 2.17. The second-order valence-corrected chi connectivity index (χ2v) is 3.79. The van der Waals surface area contributed by atoms with Crippen LogP contribution in [0.25, 0.3) is 0 Å². The zero-order chi connectivity index (χ0) is 14.3. The molecular formula is C13H16O6. The molecule has 0 spiro atoms. The summed E-state index contributed by atoms with van der Waals surface area (Å²) in [5.74, 6) is -2.15. The minimum absolute atomic E-state index is 0.215. The Morgan fingerprint density at radius 1 is 1.00 bits per heavy atom. The van der Waals surface area contributed by atoms with E-state index < -0.39 is 17.4 Å². The van der Waals surface area contributed by atoms with Gasteiger partial charge in [-0.25, -0.2) is 9.59 Å². The maximum atomic E-state index is 11.5. The van der Waals surface area contributed by atoms with Gasteiger partial charge in [0, 0.05) is 12.1 Å². The van der Waals surface area contributed by atoms with Gasteiger partial charge in [-0.05, 0) is 12.8 Å². The molecule has 104 valence electrons. The highest BCUT2D eigenvalue weighted by Crippen LogP contribution is 2.06. The molecule has 6 heteroatoms. The Bertz CT molecular complexity index is 461. The molecule has 19 heavy (non-hydrogen) atoms. The van der Waals surface area contributed by atoms with E-state index in [1.165, 1.54) is 0 Å². The van der Waals surface area contributed by atoms with Crippen LogP contribution in [0.3, 0.4) is 0 Å². The van der Waals surface area contributed by atoms with E-state index in [0.717, 1.165) is 12.1 Å². The predicted molar refractivity (Wildman–Crippen MR) is 66.1 cm³/mol. The van der Waals surface area contributed by atoms with Crippen LogP contribution in [-0.2, 0) is 9.47 Å². The number of rotatable bonds is 6. The van der Waals surface area contributed by atoms with Gasteiger partial charge in [0.25, 0.3) is 0 Å². The summed E-state index contributed by atoms with van der Waals surface area (Å²) in [5.41, 5.74) is -0.516. The summed E-state index contributed by atoms with van der Waals surface area (Å²) in [6.45, 7) is 4.10. The van der Waals surface area contributed by atoms with Gasteiger partial charge < -0.3 is 13.9 Å². The Kier molecular flexibility index (Phi) is 5.78. The average Bonchev–Trinajstić information content (AvgIpc) is 2.41. The van der Waals surface area contributed by atoms with E-state index in [1.807, 2.05) is 13.8 Å². The van der Waals surface area contributed by atoms with E-state index in [0.29, 0.717) is 12.8 Å². The third kappa shape index (κ3) is 4.57. The van der Waals surface area contributed by atoms with Crippen molar-refractivity contribution >= 4 is 11.9 Å². The summed E-state index contributed by atoms with van der Waals surface area (Å²) in [7, 11) is 0. The monoisotopic (exact) mass is 268 g/mol. The molecule has 1 heterocycles. The fraction of sp³-hybridized carbons (Fsp3) is 0.462. The normalized spacial score (nSPS) is 10.0. The summed E-state index contributed by atoms with van der Waals surface area (Å²) in [5, 5.41) is 0. The zero-order valence-electron chi connectivity index (χ0n) is 10.9. The molecule has 0 fully saturated rings. The molecule has 0 aromatic carbocycles. The van der Waals surface area contributed by atoms with E-state index in [4.69, 9.17) is 13.9 Å². The third-order valence-corrected chi connectivity index (χ3v) is 2.04. The van der Waals surface area contributed by atoms with Crippen molar-refractivity contribution in [3.8, 4) is 0 Å². The van der Waals surface area contributed by atoms with Gasteiger partial charge in [-0.2, -0.15) is 0 Å². The van der Waals surface area contributed by atoms with Crippen LogP contribution in [0.5, 0.6) is 0 Å². The van der Waals surface area contributed by atoms with Gasteiger partial charge in [0.05, 0.1) is 13.2 Å². The van der Waals surface area contributed by atoms with Gasteiger partial charge >= 0.3 is 11.9 Å². The lowest BCUT2D eigenvalue weighted by atomic mass is 10.3. The molecule has 0 amide bonds. The van der Waals surface area contributed by atoms with Crippen LogP contribution in [0.4, 0.5) is 0 Å². The number of hydrogen-bond donors (Lipinski definition) is 0. The molecule has 0 aliphatic carbocycles. The SMILES string of the molecule is CCCOC(=O)c1cc(=O)cc(C(=O)OCCC)o1. The fourth-order valence-corrected chi connectivity index (χ4v) is 1.21. The number of hydrogen-bond acceptors (Lipinski definition) is 6. The molecule has 0 aliphatic rings. The molecule has 0 unspecified atom stereocenters. The first kappa shape index (κ1) is 14.9. The van der Waals surface area contributed by atoms with Crippen LogP contribution in [-0.4, -0.2) is 25.2 Å². The van der Waals surface area contributed by atoms with Crippen molar-refractivity contribution in [1.82, 2.24) is 0 Å². The Balaban J connectivity index is 2.90. The van der Waals surface area contributed by atoms with Gasteiger partial charge in [0.1, 0.15) is 0 Å². The summed E-state index contributed by atoms with van der Waals surface area (Å²) in [4.78, 5) is 34.5. The van der Waals surface area contributed by atoms with Crippen LogP contribution >= 0.6 is 0 Å². The quantitative estimate of drug-likeness (QED) is 0.731. The lowest BCUT2D eigenvalue weighted by molar-refractivity contribution is 0.0425. The predicted octanol–water partition coefficient (Wildman–Crippen LogP) is 1.77. The van der Waals surface area contributed by atoms with E-state index in [1.54, 1.807) is 0 Å². The van der Waals surface area contributed by atoms with Gasteiger partial charge in [-0.15, -0.1) is 0 Å². The van der Waals surface area contributed by atoms with Gasteiger partial charge in [-0.3, -0.25) is 4.79 Å². The standard InChI is InChI=1S/C13H16O6/c1-3-5-17-12(15)10-7-9(14)8-11(19-10)13(16)18-6-4-2/h7-8H,3-6H2,1-2H3. The van der Waals surface area contributed by atoms with Crippen molar-refractivity contribution in [2.24, 2.45) is 0 Å². The van der Waals surface area contributed by atoms with Gasteiger partial charge in [0.15, 0.2) is 5.43 Å². The Morgan fingerprint density at radius 2 is 1.42 bits per heavy atom. The van der Waals surface area contributed by atoms with Gasteiger partial charge in [-0.1, -0.05) is 13.8 Å². The topological polar surface area (TPSA) is 82.8 Å². The number of ether oxygens (including phenoxy) is 2. The second kappa shape index (κ2) is 7.35. The zero-order valence-corrected chi connectivity index (χ0v) is 10.9. The number of carbonyl (C=O) groups excluding carboxylic acids is 2. The van der Waals surface area contributed by atoms with Crippen molar-refractivity contribution in [2.45, 2.75) is 26.7 Å². The van der Waals surface area contributed by atoms with Crippen LogP contribution in [0.1, 0.15) is 47.8 Å². The molecule has 6 nitrogen and oxygen atoms in total. The number of carbonyl (C=O) groups is 2. The lowest BCUT2D eigenvalue weighted by Crippen LogP contribution is -2.14. The smallest absolute Gasteiger partial charge is 0.374 e. The highest BCUT2D eigenvalue weighted by molar-refractivity contribution is 5.89. The first-order chi connectivity index (χ1) is 9.08. The molecule has 0 aliphatic heterocycles. The minimum Gasteiger partial charge on any atom is -0.460 e. The van der Waals surface area contributed by atoms with Crippen LogP contribution in [0.2, 0.25) is 0 Å². The van der Waals surface area contributed by atoms with Gasteiger partial charge in [0.2, 0.25) is 11.5 Å². The first-order valence-electron chi connectivity index (χ1n) is 6.08. The summed E-state index contributed by atoms with van der Waals surface area (Å²) in [6, 6.07) is 1.96. The largest absolute Gasteiger partial charge is 0.460 e. The molecule has 0 saturated carbocycles. The van der Waals surface area contributed by atoms with E-state index in [-0.39, 0.29) is 24.7 Å². The van der Waals surface area contributed by atoms with Crippen molar-refractivity contribution in [3.05, 3.63) is 33.9 Å². The van der Waals surface area contributed by atoms with E-state index >= 15 is 0 Å². The Morgan fingerprint density at radius 3 is 1.79 bits per heavy atom. The second-order valence-electron chi connectivity index (χ2n) is 3.79. The van der Waals surface area contributed by atoms with Crippen molar-refractivity contribution in [1.29, 1.82) is 0 Å². The molecular weight excluding hydrogens is 252 g/mol. The molecule has 0 bridgehead atoms. The summed E-state index contributed by atoms with van der Waals surface area (Å²) in [6.07, 6.45) is 1.29. The van der Waals surface area contributed by atoms with E-state index in [2.05, 4.69) is 0 Å². The molecule has 0 radical (unpaired) electrons. The van der Waals surface area contributed by atoms with Crippen molar-refractivity contribution < 1.29 is 23.5 Å². The third-order valence-electron chi connectivity index (χ3n) is 2.04. The molecule has 1 rings (SSSR count). The van der Waals surface area contributed by atoms with Crippen molar-refractivity contribution in [3.63, 3.8) is 0 Å².